The maximum Gasteiger partial charge on any atom is 0.142 e. The van der Waals surface area contributed by atoms with Crippen LogP contribution in [-0.4, -0.2) is 6.61 Å². The van der Waals surface area contributed by atoms with Crippen LogP contribution in [0.15, 0.2) is 48.5 Å². The van der Waals surface area contributed by atoms with Crippen LogP contribution in [-0.2, 0) is 0 Å². The molecule has 1 aliphatic rings. The standard InChI is InChI=1S/C15H15NO/c1-11-7-8-13-15(9-11)17-10-14(16-13)12-5-3-2-4-6-12/h2-9,14,16H,10H2,1H3. The normalized spacial score (nSPS) is 17.8. The summed E-state index contributed by atoms with van der Waals surface area (Å²) in [6.45, 7) is 2.76. The third-order valence-corrected chi connectivity index (χ3v) is 3.07. The van der Waals surface area contributed by atoms with E-state index in [1.165, 1.54) is 11.1 Å². The van der Waals surface area contributed by atoms with Gasteiger partial charge in [-0.05, 0) is 30.2 Å². The molecular weight excluding hydrogens is 210 g/mol. The first-order valence-electron chi connectivity index (χ1n) is 5.88. The molecule has 1 unspecified atom stereocenters. The van der Waals surface area contributed by atoms with Crippen LogP contribution >= 0.6 is 0 Å². The molecule has 1 aliphatic heterocycles. The van der Waals surface area contributed by atoms with Gasteiger partial charge >= 0.3 is 0 Å². The highest BCUT2D eigenvalue weighted by atomic mass is 16.5. The van der Waals surface area contributed by atoms with E-state index in [1.54, 1.807) is 0 Å². The van der Waals surface area contributed by atoms with E-state index in [-0.39, 0.29) is 6.04 Å². The van der Waals surface area contributed by atoms with Crippen molar-refractivity contribution in [3.63, 3.8) is 0 Å². The Morgan fingerprint density at radius 1 is 1.12 bits per heavy atom. The first kappa shape index (κ1) is 10.2. The van der Waals surface area contributed by atoms with Crippen molar-refractivity contribution >= 4 is 5.69 Å². The molecule has 0 radical (unpaired) electrons. The third kappa shape index (κ3) is 1.98. The maximum atomic E-state index is 5.81. The minimum Gasteiger partial charge on any atom is -0.489 e. The molecule has 3 rings (SSSR count). The molecule has 2 aromatic rings. The Kier molecular flexibility index (Phi) is 2.48. The zero-order valence-corrected chi connectivity index (χ0v) is 9.81. The smallest absolute Gasteiger partial charge is 0.142 e. The van der Waals surface area contributed by atoms with Crippen molar-refractivity contribution < 1.29 is 4.74 Å². The molecule has 0 aliphatic carbocycles. The van der Waals surface area contributed by atoms with Crippen molar-refractivity contribution in [3.05, 3.63) is 59.7 Å². The van der Waals surface area contributed by atoms with Crippen molar-refractivity contribution in [3.8, 4) is 5.75 Å². The van der Waals surface area contributed by atoms with Crippen LogP contribution in [0.2, 0.25) is 0 Å². The predicted octanol–water partition coefficient (Wildman–Crippen LogP) is 3.54. The van der Waals surface area contributed by atoms with Gasteiger partial charge in [-0.25, -0.2) is 0 Å². The number of fused-ring (bicyclic) bond motifs is 1. The molecule has 0 aromatic heterocycles. The molecule has 1 N–H and O–H groups in total. The monoisotopic (exact) mass is 225 g/mol. The summed E-state index contributed by atoms with van der Waals surface area (Å²) in [5.41, 5.74) is 3.57. The zero-order valence-electron chi connectivity index (χ0n) is 9.81. The van der Waals surface area contributed by atoms with Crippen molar-refractivity contribution in [2.75, 3.05) is 11.9 Å². The fourth-order valence-electron chi connectivity index (χ4n) is 2.14. The van der Waals surface area contributed by atoms with Crippen LogP contribution in [0.3, 0.4) is 0 Å². The molecule has 1 atom stereocenters. The van der Waals surface area contributed by atoms with Gasteiger partial charge in [0.05, 0.1) is 11.7 Å². The SMILES string of the molecule is Cc1ccc2c(c1)OCC(c1ccccc1)N2. The predicted molar refractivity (Wildman–Crippen MR) is 69.5 cm³/mol. The third-order valence-electron chi connectivity index (χ3n) is 3.07. The summed E-state index contributed by atoms with van der Waals surface area (Å²) in [5.74, 6) is 0.956. The van der Waals surface area contributed by atoms with E-state index in [0.29, 0.717) is 6.61 Å². The topological polar surface area (TPSA) is 21.3 Å². The summed E-state index contributed by atoms with van der Waals surface area (Å²) in [6, 6.07) is 16.9. The molecule has 0 bridgehead atoms. The molecular formula is C15H15NO. The molecule has 86 valence electrons. The number of aryl methyl sites for hydroxylation is 1. The summed E-state index contributed by atoms with van der Waals surface area (Å²) in [4.78, 5) is 0. The Labute approximate surface area is 101 Å². The second kappa shape index (κ2) is 4.13. The minimum absolute atomic E-state index is 0.242. The summed E-state index contributed by atoms with van der Waals surface area (Å²) < 4.78 is 5.81. The Morgan fingerprint density at radius 2 is 1.94 bits per heavy atom. The van der Waals surface area contributed by atoms with Gasteiger partial charge in [0.1, 0.15) is 12.4 Å². The van der Waals surface area contributed by atoms with Gasteiger partial charge in [-0.2, -0.15) is 0 Å². The summed E-state index contributed by atoms with van der Waals surface area (Å²) in [7, 11) is 0. The van der Waals surface area contributed by atoms with Crippen LogP contribution in [0.25, 0.3) is 0 Å². The second-order valence-corrected chi connectivity index (χ2v) is 4.42. The molecule has 0 spiro atoms. The number of ether oxygens (including phenoxy) is 1. The lowest BCUT2D eigenvalue weighted by atomic mass is 10.1. The average molecular weight is 225 g/mol. The van der Waals surface area contributed by atoms with Crippen molar-refractivity contribution in [2.45, 2.75) is 13.0 Å². The van der Waals surface area contributed by atoms with Gasteiger partial charge in [-0.3, -0.25) is 0 Å². The second-order valence-electron chi connectivity index (χ2n) is 4.42. The first-order valence-corrected chi connectivity index (χ1v) is 5.88. The van der Waals surface area contributed by atoms with Gasteiger partial charge in [0, 0.05) is 0 Å². The lowest BCUT2D eigenvalue weighted by molar-refractivity contribution is 0.286. The van der Waals surface area contributed by atoms with Gasteiger partial charge in [0.25, 0.3) is 0 Å². The number of benzene rings is 2. The minimum atomic E-state index is 0.242. The van der Waals surface area contributed by atoms with Gasteiger partial charge < -0.3 is 10.1 Å². The Morgan fingerprint density at radius 3 is 2.76 bits per heavy atom. The lowest BCUT2D eigenvalue weighted by Gasteiger charge is -2.28. The van der Waals surface area contributed by atoms with Gasteiger partial charge in [-0.1, -0.05) is 36.4 Å². The molecule has 2 aromatic carbocycles. The van der Waals surface area contributed by atoms with Crippen molar-refractivity contribution in [1.29, 1.82) is 0 Å². The lowest BCUT2D eigenvalue weighted by Crippen LogP contribution is -2.23. The molecule has 0 saturated carbocycles. The van der Waals surface area contributed by atoms with E-state index in [0.717, 1.165) is 11.4 Å². The summed E-state index contributed by atoms with van der Waals surface area (Å²) in [5, 5.41) is 3.52. The highest BCUT2D eigenvalue weighted by molar-refractivity contribution is 5.60. The number of hydrogen-bond acceptors (Lipinski definition) is 2. The number of hydrogen-bond donors (Lipinski definition) is 1. The molecule has 1 heterocycles. The molecule has 2 nitrogen and oxygen atoms in total. The van der Waals surface area contributed by atoms with E-state index < -0.39 is 0 Å². The number of nitrogens with one attached hydrogen (secondary N) is 1. The van der Waals surface area contributed by atoms with Crippen LogP contribution in [0.4, 0.5) is 5.69 Å². The van der Waals surface area contributed by atoms with Crippen molar-refractivity contribution in [2.24, 2.45) is 0 Å². The Balaban J connectivity index is 1.88. The number of anilines is 1. The van der Waals surface area contributed by atoms with Crippen LogP contribution in [0.1, 0.15) is 17.2 Å². The molecule has 2 heteroatoms. The highest BCUT2D eigenvalue weighted by Gasteiger charge is 2.19. The Bertz CT molecular complexity index is 522. The molecule has 0 fully saturated rings. The van der Waals surface area contributed by atoms with E-state index in [9.17, 15) is 0 Å². The fourth-order valence-corrected chi connectivity index (χ4v) is 2.14. The van der Waals surface area contributed by atoms with Gasteiger partial charge in [0.15, 0.2) is 0 Å². The van der Waals surface area contributed by atoms with Crippen molar-refractivity contribution in [1.82, 2.24) is 0 Å². The highest BCUT2D eigenvalue weighted by Crippen LogP contribution is 2.34. The first-order chi connectivity index (χ1) is 8.33. The fraction of sp³-hybridized carbons (Fsp3) is 0.200. The van der Waals surface area contributed by atoms with Gasteiger partial charge in [0.2, 0.25) is 0 Å². The average Bonchev–Trinajstić information content (AvgIpc) is 2.39. The van der Waals surface area contributed by atoms with Crippen LogP contribution in [0.5, 0.6) is 5.75 Å². The Hall–Kier alpha value is -1.96. The number of rotatable bonds is 1. The van der Waals surface area contributed by atoms with Crippen LogP contribution < -0.4 is 10.1 Å². The van der Waals surface area contributed by atoms with E-state index in [4.69, 9.17) is 4.74 Å². The largest absolute Gasteiger partial charge is 0.489 e. The van der Waals surface area contributed by atoms with E-state index in [2.05, 4.69) is 54.7 Å². The van der Waals surface area contributed by atoms with Gasteiger partial charge in [-0.15, -0.1) is 0 Å². The zero-order chi connectivity index (χ0) is 11.7. The van der Waals surface area contributed by atoms with Crippen LogP contribution in [0, 0.1) is 6.92 Å². The molecule has 0 amide bonds. The summed E-state index contributed by atoms with van der Waals surface area (Å²) in [6.07, 6.45) is 0. The quantitative estimate of drug-likeness (QED) is 0.801. The van der Waals surface area contributed by atoms with E-state index >= 15 is 0 Å². The molecule has 0 saturated heterocycles. The summed E-state index contributed by atoms with van der Waals surface area (Å²) >= 11 is 0. The van der Waals surface area contributed by atoms with E-state index in [1.807, 2.05) is 6.07 Å². The maximum absolute atomic E-state index is 5.81. The molecule has 17 heavy (non-hydrogen) atoms.